The van der Waals surface area contributed by atoms with Gasteiger partial charge in [-0.05, 0) is 37.5 Å². The second kappa shape index (κ2) is 12.2. The Kier molecular flexibility index (Phi) is 8.76. The van der Waals surface area contributed by atoms with Gasteiger partial charge in [-0.2, -0.15) is 0 Å². The van der Waals surface area contributed by atoms with E-state index in [0.717, 1.165) is 29.5 Å². The molecule has 0 spiro atoms. The van der Waals surface area contributed by atoms with Crippen LogP contribution in [0.3, 0.4) is 0 Å². The minimum absolute atomic E-state index is 0.0170. The zero-order valence-electron chi connectivity index (χ0n) is 21.5. The second-order valence-corrected chi connectivity index (χ2v) is 10.3. The lowest BCUT2D eigenvalue weighted by atomic mass is 10.1. The highest BCUT2D eigenvalue weighted by Gasteiger charge is 2.43. The van der Waals surface area contributed by atoms with E-state index in [0.29, 0.717) is 36.2 Å². The van der Waals surface area contributed by atoms with Crippen molar-refractivity contribution in [3.63, 3.8) is 0 Å². The van der Waals surface area contributed by atoms with E-state index in [4.69, 9.17) is 4.99 Å². The number of nitrogens with zero attached hydrogens (tertiary/aromatic N) is 3. The van der Waals surface area contributed by atoms with Gasteiger partial charge in [0.1, 0.15) is 11.9 Å². The van der Waals surface area contributed by atoms with Crippen LogP contribution in [-0.4, -0.2) is 51.5 Å². The number of thioether (sulfide) groups is 1. The third kappa shape index (κ3) is 6.28. The molecule has 2 aliphatic rings. The minimum Gasteiger partial charge on any atom is -0.356 e. The van der Waals surface area contributed by atoms with Crippen LogP contribution in [0.1, 0.15) is 56.2 Å². The predicted molar refractivity (Wildman–Crippen MR) is 148 cm³/mol. The number of unbranched alkanes of at least 4 members (excludes halogenated alkanes) is 1. The van der Waals surface area contributed by atoms with Gasteiger partial charge in [0.2, 0.25) is 11.8 Å². The Morgan fingerprint density at radius 2 is 1.84 bits per heavy atom. The van der Waals surface area contributed by atoms with Crippen molar-refractivity contribution in [1.29, 1.82) is 0 Å². The summed E-state index contributed by atoms with van der Waals surface area (Å²) in [5, 5.41) is 5.84. The highest BCUT2D eigenvalue weighted by Crippen LogP contribution is 2.35. The van der Waals surface area contributed by atoms with Gasteiger partial charge in [-0.3, -0.25) is 19.4 Å². The molecule has 2 aliphatic heterocycles. The fraction of sp³-hybridized carbons (Fsp3) is 0.393. The molecule has 2 heterocycles. The van der Waals surface area contributed by atoms with E-state index in [2.05, 4.69) is 22.5 Å². The number of aliphatic imine (C=N–C) groups is 2. The maximum Gasteiger partial charge on any atom is 0.259 e. The van der Waals surface area contributed by atoms with Crippen molar-refractivity contribution in [3.05, 3.63) is 65.2 Å². The van der Waals surface area contributed by atoms with Gasteiger partial charge < -0.3 is 10.6 Å². The molecule has 37 heavy (non-hydrogen) atoms. The quantitative estimate of drug-likeness (QED) is 0.462. The molecule has 4 rings (SSSR count). The number of hydrogen-bond acceptors (Lipinski definition) is 6. The first-order valence-electron chi connectivity index (χ1n) is 12.8. The average molecular weight is 520 g/mol. The van der Waals surface area contributed by atoms with Crippen LogP contribution in [0.15, 0.2) is 58.5 Å². The van der Waals surface area contributed by atoms with Gasteiger partial charge in [-0.1, -0.05) is 74.0 Å². The molecule has 2 N–H and O–H groups in total. The number of amidine groups is 2. The fourth-order valence-corrected chi connectivity index (χ4v) is 5.17. The summed E-state index contributed by atoms with van der Waals surface area (Å²) in [6, 6.07) is 14.7. The summed E-state index contributed by atoms with van der Waals surface area (Å²) in [5.74, 6) is -0.125. The Bertz CT molecular complexity index is 1220. The number of nitrogens with one attached hydrogen (secondary N) is 2. The lowest BCUT2D eigenvalue weighted by molar-refractivity contribution is -0.128. The molecule has 194 valence electrons. The normalized spacial score (nSPS) is 16.9. The first-order chi connectivity index (χ1) is 17.9. The Morgan fingerprint density at radius 3 is 2.57 bits per heavy atom. The molecule has 0 fully saturated rings. The van der Waals surface area contributed by atoms with Gasteiger partial charge in [0.25, 0.3) is 5.91 Å². The Hall–Kier alpha value is -3.46. The molecule has 0 aromatic heterocycles. The molecule has 0 aliphatic carbocycles. The van der Waals surface area contributed by atoms with E-state index >= 15 is 0 Å². The SMILES string of the molecule is CCCCNC(=O)C[C@H]1N=C2c3ccccc3N=C(S[C@H](CC)C(=O)NCc3ccc(C)cc3)N2C1=O. The molecule has 0 unspecified atom stereocenters. The number of fused-ring (bicyclic) bond motifs is 3. The number of para-hydroxylation sites is 1. The fourth-order valence-electron chi connectivity index (χ4n) is 4.12. The smallest absolute Gasteiger partial charge is 0.259 e. The molecule has 8 nitrogen and oxygen atoms in total. The summed E-state index contributed by atoms with van der Waals surface area (Å²) in [6.07, 6.45) is 2.40. The van der Waals surface area contributed by atoms with Crippen LogP contribution >= 0.6 is 11.8 Å². The van der Waals surface area contributed by atoms with Crippen molar-refractivity contribution in [2.24, 2.45) is 9.98 Å². The standard InChI is InChI=1S/C28H33N5O3S/c1-4-6-15-29-24(34)16-22-27(36)33-25(31-22)20-9-7-8-10-21(20)32-28(33)37-23(5-2)26(35)30-17-19-13-11-18(3)12-14-19/h7-14,22-23H,4-6,15-17H2,1-3H3,(H,29,34)(H,30,35)/t22-,23-/m1/s1. The van der Waals surface area contributed by atoms with E-state index in [1.807, 2.05) is 62.4 Å². The van der Waals surface area contributed by atoms with Gasteiger partial charge >= 0.3 is 0 Å². The van der Waals surface area contributed by atoms with Gasteiger partial charge in [0, 0.05) is 18.7 Å². The van der Waals surface area contributed by atoms with Crippen LogP contribution < -0.4 is 10.6 Å². The summed E-state index contributed by atoms with van der Waals surface area (Å²) in [6.45, 7) is 7.02. The highest BCUT2D eigenvalue weighted by molar-refractivity contribution is 8.15. The van der Waals surface area contributed by atoms with Gasteiger partial charge in [-0.25, -0.2) is 9.89 Å². The minimum atomic E-state index is -0.816. The van der Waals surface area contributed by atoms with Gasteiger partial charge in [0.15, 0.2) is 5.17 Å². The largest absolute Gasteiger partial charge is 0.356 e. The topological polar surface area (TPSA) is 103 Å². The molecular formula is C28H33N5O3S. The molecular weight excluding hydrogens is 486 g/mol. The number of carbonyl (C=O) groups is 3. The number of hydrogen-bond donors (Lipinski definition) is 2. The van der Waals surface area contributed by atoms with Crippen molar-refractivity contribution in [1.82, 2.24) is 15.5 Å². The summed E-state index contributed by atoms with van der Waals surface area (Å²) in [7, 11) is 0. The Morgan fingerprint density at radius 1 is 1.08 bits per heavy atom. The summed E-state index contributed by atoms with van der Waals surface area (Å²) in [4.78, 5) is 49.8. The zero-order valence-corrected chi connectivity index (χ0v) is 22.3. The van der Waals surface area contributed by atoms with Crippen molar-refractivity contribution in [3.8, 4) is 0 Å². The summed E-state index contributed by atoms with van der Waals surface area (Å²) >= 11 is 1.25. The monoisotopic (exact) mass is 519 g/mol. The highest BCUT2D eigenvalue weighted by atomic mass is 32.2. The lowest BCUT2D eigenvalue weighted by Gasteiger charge is -2.27. The van der Waals surface area contributed by atoms with Crippen LogP contribution in [0.25, 0.3) is 0 Å². The number of carbonyl (C=O) groups excluding carboxylic acids is 3. The van der Waals surface area contributed by atoms with E-state index in [1.54, 1.807) is 0 Å². The zero-order chi connectivity index (χ0) is 26.4. The molecule has 3 amide bonds. The molecule has 2 aromatic carbocycles. The maximum atomic E-state index is 13.4. The van der Waals surface area contributed by atoms with Crippen molar-refractivity contribution < 1.29 is 14.4 Å². The second-order valence-electron chi connectivity index (χ2n) is 9.18. The Balaban J connectivity index is 1.50. The van der Waals surface area contributed by atoms with Crippen molar-refractivity contribution in [2.45, 2.75) is 64.3 Å². The molecule has 0 bridgehead atoms. The Labute approximate surface area is 222 Å². The van der Waals surface area contributed by atoms with Crippen LogP contribution in [0, 0.1) is 6.92 Å². The molecule has 2 atom stereocenters. The van der Waals surface area contributed by atoms with Crippen molar-refractivity contribution in [2.75, 3.05) is 6.54 Å². The van der Waals surface area contributed by atoms with E-state index in [1.165, 1.54) is 16.7 Å². The molecule has 2 aromatic rings. The molecule has 0 radical (unpaired) electrons. The van der Waals surface area contributed by atoms with Crippen LogP contribution in [-0.2, 0) is 20.9 Å². The third-order valence-corrected chi connectivity index (χ3v) is 7.59. The predicted octanol–water partition coefficient (Wildman–Crippen LogP) is 4.09. The first-order valence-corrected chi connectivity index (χ1v) is 13.7. The first kappa shape index (κ1) is 26.6. The van der Waals surface area contributed by atoms with Gasteiger partial charge in [-0.15, -0.1) is 0 Å². The average Bonchev–Trinajstić information content (AvgIpc) is 3.23. The summed E-state index contributed by atoms with van der Waals surface area (Å²) in [5.41, 5.74) is 3.62. The molecule has 0 saturated carbocycles. The summed E-state index contributed by atoms with van der Waals surface area (Å²) < 4.78 is 0. The number of rotatable bonds is 10. The van der Waals surface area contributed by atoms with Gasteiger partial charge in [0.05, 0.1) is 17.4 Å². The van der Waals surface area contributed by atoms with E-state index < -0.39 is 11.3 Å². The molecule has 9 heteroatoms. The van der Waals surface area contributed by atoms with Crippen LogP contribution in [0.4, 0.5) is 5.69 Å². The van der Waals surface area contributed by atoms with Crippen LogP contribution in [0.5, 0.6) is 0 Å². The molecule has 0 saturated heterocycles. The third-order valence-electron chi connectivity index (χ3n) is 6.28. The van der Waals surface area contributed by atoms with E-state index in [-0.39, 0.29) is 24.1 Å². The number of benzene rings is 2. The maximum absolute atomic E-state index is 13.4. The lowest BCUT2D eigenvalue weighted by Crippen LogP contribution is -2.43. The van der Waals surface area contributed by atoms with Crippen molar-refractivity contribution >= 4 is 46.2 Å². The van der Waals surface area contributed by atoms with Crippen LogP contribution in [0.2, 0.25) is 0 Å². The van der Waals surface area contributed by atoms with E-state index in [9.17, 15) is 14.4 Å². The number of aryl methyl sites for hydroxylation is 1. The number of amides is 3.